The van der Waals surface area contributed by atoms with Gasteiger partial charge in [-0.05, 0) is 18.2 Å². The van der Waals surface area contributed by atoms with Gasteiger partial charge in [-0.3, -0.25) is 9.59 Å². The maximum Gasteiger partial charge on any atom is 0.267 e. The molecule has 0 unspecified atom stereocenters. The second-order valence-electron chi connectivity index (χ2n) is 4.34. The van der Waals surface area contributed by atoms with Crippen LogP contribution in [-0.4, -0.2) is 11.8 Å². The fourth-order valence-corrected chi connectivity index (χ4v) is 3.12. The van der Waals surface area contributed by atoms with E-state index in [9.17, 15) is 9.59 Å². The van der Waals surface area contributed by atoms with Crippen molar-refractivity contribution in [2.24, 2.45) is 0 Å². The van der Waals surface area contributed by atoms with Crippen molar-refractivity contribution < 1.29 is 9.59 Å². The first-order valence-electron chi connectivity index (χ1n) is 5.77. The molecule has 7 heteroatoms. The Balaban J connectivity index is 2.23. The second kappa shape index (κ2) is 5.21. The van der Waals surface area contributed by atoms with Crippen LogP contribution in [0.1, 0.15) is 20.7 Å². The van der Waals surface area contributed by atoms with Gasteiger partial charge >= 0.3 is 0 Å². The molecule has 0 aromatic heterocycles. The van der Waals surface area contributed by atoms with Crippen LogP contribution >= 0.6 is 47.4 Å². The molecule has 0 bridgehead atoms. The number of nitrogens with zero attached hydrogens (tertiary/aromatic N) is 1. The van der Waals surface area contributed by atoms with E-state index in [-0.39, 0.29) is 26.2 Å². The Bertz CT molecular complexity index is 807. The number of hydrogen-bond donors (Lipinski definition) is 1. The van der Waals surface area contributed by atoms with Crippen molar-refractivity contribution in [2.45, 2.75) is 4.90 Å². The van der Waals surface area contributed by atoms with E-state index in [4.69, 9.17) is 34.8 Å². The molecule has 2 aromatic carbocycles. The summed E-state index contributed by atoms with van der Waals surface area (Å²) in [6.45, 7) is 0. The van der Waals surface area contributed by atoms with E-state index >= 15 is 0 Å². The summed E-state index contributed by atoms with van der Waals surface area (Å²) in [5.41, 5.74) is 0.582. The van der Waals surface area contributed by atoms with Crippen molar-refractivity contribution in [1.82, 2.24) is 0 Å². The average Bonchev–Trinajstić information content (AvgIpc) is 2.69. The number of halogens is 3. The van der Waals surface area contributed by atoms with E-state index in [1.54, 1.807) is 24.3 Å². The molecule has 0 N–H and O–H groups in total. The van der Waals surface area contributed by atoms with E-state index in [1.807, 2.05) is 0 Å². The second-order valence-corrected chi connectivity index (χ2v) is 5.99. The summed E-state index contributed by atoms with van der Waals surface area (Å²) in [7, 11) is 0. The Morgan fingerprint density at radius 2 is 1.62 bits per heavy atom. The molecule has 21 heavy (non-hydrogen) atoms. The molecular weight excluding hydrogens is 353 g/mol. The van der Waals surface area contributed by atoms with E-state index in [0.717, 1.165) is 4.90 Å². The SMILES string of the molecule is O=C1c2cc(Cl)c(Cl)c(Cl)c2C(=O)N1c1ccccc1S. The number of benzene rings is 2. The molecule has 0 fully saturated rings. The van der Waals surface area contributed by atoms with E-state index in [1.165, 1.54) is 6.07 Å². The molecule has 0 aliphatic carbocycles. The molecule has 1 aliphatic rings. The Kier molecular flexibility index (Phi) is 3.66. The molecule has 0 atom stereocenters. The lowest BCUT2D eigenvalue weighted by atomic mass is 10.1. The third-order valence-electron chi connectivity index (χ3n) is 3.14. The van der Waals surface area contributed by atoms with Gasteiger partial charge in [-0.1, -0.05) is 46.9 Å². The van der Waals surface area contributed by atoms with E-state index in [0.29, 0.717) is 10.6 Å². The number of fused-ring (bicyclic) bond motifs is 1. The zero-order valence-corrected chi connectivity index (χ0v) is 13.4. The minimum Gasteiger partial charge on any atom is -0.268 e. The van der Waals surface area contributed by atoms with Crippen molar-refractivity contribution >= 4 is 64.9 Å². The first kappa shape index (κ1) is 14.7. The van der Waals surface area contributed by atoms with Crippen molar-refractivity contribution in [3.63, 3.8) is 0 Å². The zero-order valence-electron chi connectivity index (χ0n) is 10.2. The molecule has 3 nitrogen and oxygen atoms in total. The molecule has 0 spiro atoms. The van der Waals surface area contributed by atoms with Crippen LogP contribution < -0.4 is 4.90 Å². The van der Waals surface area contributed by atoms with Gasteiger partial charge in [0.25, 0.3) is 11.8 Å². The standard InChI is InChI=1S/C14H6Cl3NO2S/c15-7-5-6-10(12(17)11(7)16)14(20)18(13(6)19)8-3-1-2-4-9(8)21/h1-5,21H. The van der Waals surface area contributed by atoms with Gasteiger partial charge in [0, 0.05) is 4.90 Å². The maximum atomic E-state index is 12.5. The fraction of sp³-hybridized carbons (Fsp3) is 0. The van der Waals surface area contributed by atoms with Crippen LogP contribution in [0.25, 0.3) is 0 Å². The number of hydrogen-bond acceptors (Lipinski definition) is 3. The van der Waals surface area contributed by atoms with Crippen molar-refractivity contribution in [3.05, 3.63) is 56.5 Å². The van der Waals surface area contributed by atoms with Gasteiger partial charge < -0.3 is 0 Å². The molecule has 1 aliphatic heterocycles. The highest BCUT2D eigenvalue weighted by molar-refractivity contribution is 7.80. The number of rotatable bonds is 1. The topological polar surface area (TPSA) is 37.4 Å². The van der Waals surface area contributed by atoms with Crippen LogP contribution in [0.3, 0.4) is 0 Å². The molecule has 106 valence electrons. The summed E-state index contributed by atoms with van der Waals surface area (Å²) in [5.74, 6) is -1.04. The Labute approximate surface area is 140 Å². The number of anilines is 1. The van der Waals surface area contributed by atoms with Gasteiger partial charge in [0.05, 0.1) is 31.9 Å². The zero-order chi connectivity index (χ0) is 15.3. The predicted octanol–water partition coefficient (Wildman–Crippen LogP) is 4.74. The molecule has 0 saturated heterocycles. The van der Waals surface area contributed by atoms with Crippen LogP contribution in [0, 0.1) is 0 Å². The third-order valence-corrected chi connectivity index (χ3v) is 4.78. The normalized spacial score (nSPS) is 13.8. The highest BCUT2D eigenvalue weighted by Crippen LogP contribution is 2.41. The van der Waals surface area contributed by atoms with Gasteiger partial charge in [-0.2, -0.15) is 0 Å². The summed E-state index contributed by atoms with van der Waals surface area (Å²) in [6, 6.07) is 8.13. The minimum absolute atomic E-state index is 0.0170. The van der Waals surface area contributed by atoms with Crippen LogP contribution in [0.5, 0.6) is 0 Å². The maximum absolute atomic E-state index is 12.5. The molecule has 2 aromatic rings. The van der Waals surface area contributed by atoms with Gasteiger partial charge in [-0.25, -0.2) is 4.90 Å². The van der Waals surface area contributed by atoms with Crippen molar-refractivity contribution in [1.29, 1.82) is 0 Å². The van der Waals surface area contributed by atoms with Gasteiger partial charge in [0.1, 0.15) is 0 Å². The average molecular weight is 359 g/mol. The molecular formula is C14H6Cl3NO2S. The summed E-state index contributed by atoms with van der Waals surface area (Å²) in [5, 5.41) is 0.165. The fourth-order valence-electron chi connectivity index (χ4n) is 2.17. The number of carbonyl (C=O) groups is 2. The molecule has 3 rings (SSSR count). The number of imide groups is 1. The van der Waals surface area contributed by atoms with Crippen LogP contribution in [0.15, 0.2) is 35.2 Å². The molecule has 2 amide bonds. The quantitative estimate of drug-likeness (QED) is 0.454. The number of para-hydroxylation sites is 1. The Morgan fingerprint density at radius 1 is 0.952 bits per heavy atom. The molecule has 0 saturated carbocycles. The lowest BCUT2D eigenvalue weighted by molar-refractivity contribution is 0.0925. The smallest absolute Gasteiger partial charge is 0.267 e. The largest absolute Gasteiger partial charge is 0.268 e. The molecule has 0 radical (unpaired) electrons. The lowest BCUT2D eigenvalue weighted by Crippen LogP contribution is -2.29. The molecule has 1 heterocycles. The predicted molar refractivity (Wildman–Crippen MR) is 86.3 cm³/mol. The van der Waals surface area contributed by atoms with E-state index in [2.05, 4.69) is 12.6 Å². The first-order chi connectivity index (χ1) is 9.93. The monoisotopic (exact) mass is 357 g/mol. The van der Waals surface area contributed by atoms with E-state index < -0.39 is 11.8 Å². The van der Waals surface area contributed by atoms with Gasteiger partial charge in [0.2, 0.25) is 0 Å². The van der Waals surface area contributed by atoms with Gasteiger partial charge in [-0.15, -0.1) is 12.6 Å². The Hall–Kier alpha value is -1.20. The summed E-state index contributed by atoms with van der Waals surface area (Å²) in [6.07, 6.45) is 0. The van der Waals surface area contributed by atoms with Crippen LogP contribution in [-0.2, 0) is 0 Å². The van der Waals surface area contributed by atoms with Crippen LogP contribution in [0.2, 0.25) is 15.1 Å². The number of carbonyl (C=O) groups excluding carboxylic acids is 2. The van der Waals surface area contributed by atoms with Gasteiger partial charge in [0.15, 0.2) is 0 Å². The first-order valence-corrected chi connectivity index (χ1v) is 7.36. The summed E-state index contributed by atoms with van der Waals surface area (Å²) >= 11 is 22.2. The van der Waals surface area contributed by atoms with Crippen molar-refractivity contribution in [2.75, 3.05) is 4.90 Å². The minimum atomic E-state index is -0.542. The van der Waals surface area contributed by atoms with Crippen LogP contribution in [0.4, 0.5) is 5.69 Å². The van der Waals surface area contributed by atoms with Crippen molar-refractivity contribution in [3.8, 4) is 0 Å². The summed E-state index contributed by atoms with van der Waals surface area (Å²) < 4.78 is 0. The third kappa shape index (κ3) is 2.14. The Morgan fingerprint density at radius 3 is 2.29 bits per heavy atom. The number of thiol groups is 1. The lowest BCUT2D eigenvalue weighted by Gasteiger charge is -2.15. The highest BCUT2D eigenvalue weighted by Gasteiger charge is 2.40. The highest BCUT2D eigenvalue weighted by atomic mass is 35.5. The summed E-state index contributed by atoms with van der Waals surface area (Å²) in [4.78, 5) is 26.5. The number of amides is 2.